The van der Waals surface area contributed by atoms with Gasteiger partial charge in [-0.2, -0.15) is 13.2 Å². The van der Waals surface area contributed by atoms with Crippen LogP contribution in [0.3, 0.4) is 0 Å². The molecule has 0 aliphatic heterocycles. The predicted octanol–water partition coefficient (Wildman–Crippen LogP) is 1.91. The van der Waals surface area contributed by atoms with Gasteiger partial charge < -0.3 is 5.73 Å². The van der Waals surface area contributed by atoms with E-state index in [2.05, 4.69) is 16.9 Å². The summed E-state index contributed by atoms with van der Waals surface area (Å²) in [4.78, 5) is -0.737. The minimum atomic E-state index is -4.75. The second-order valence-corrected chi connectivity index (χ2v) is 6.36. The summed E-state index contributed by atoms with van der Waals surface area (Å²) in [5, 5.41) is 0. The lowest BCUT2D eigenvalue weighted by Crippen LogP contribution is -2.34. The molecule has 0 bridgehead atoms. The van der Waals surface area contributed by atoms with Gasteiger partial charge in [0, 0.05) is 12.5 Å². The van der Waals surface area contributed by atoms with Gasteiger partial charge in [-0.3, -0.25) is 0 Å². The molecular formula is C11H13F3N2O2S2. The fourth-order valence-electron chi connectivity index (χ4n) is 1.35. The highest BCUT2D eigenvalue weighted by molar-refractivity contribution is 7.89. The Kier molecular flexibility index (Phi) is 5.11. The van der Waals surface area contributed by atoms with Crippen LogP contribution in [-0.4, -0.2) is 20.0 Å². The van der Waals surface area contributed by atoms with E-state index in [0.717, 1.165) is 12.1 Å². The van der Waals surface area contributed by atoms with E-state index < -0.39 is 32.6 Å². The summed E-state index contributed by atoms with van der Waals surface area (Å²) in [6.45, 7) is 1.41. The molecular weight excluding hydrogens is 313 g/mol. The maximum absolute atomic E-state index is 12.8. The summed E-state index contributed by atoms with van der Waals surface area (Å²) in [5.41, 5.74) is 4.11. The second kappa shape index (κ2) is 6.06. The quantitative estimate of drug-likeness (QED) is 0.811. The zero-order valence-corrected chi connectivity index (χ0v) is 12.1. The summed E-state index contributed by atoms with van der Waals surface area (Å²) in [7, 11) is -4.29. The zero-order valence-electron chi connectivity index (χ0n) is 10.4. The molecule has 20 heavy (non-hydrogen) atoms. The molecule has 0 saturated carbocycles. The van der Waals surface area contributed by atoms with Crippen molar-refractivity contribution in [2.45, 2.75) is 18.0 Å². The molecule has 0 radical (unpaired) electrons. The fourth-order valence-corrected chi connectivity index (χ4v) is 2.79. The minimum Gasteiger partial charge on any atom is -0.393 e. The van der Waals surface area contributed by atoms with Gasteiger partial charge in [-0.25, -0.2) is 13.1 Å². The zero-order chi connectivity index (χ0) is 15.6. The maximum Gasteiger partial charge on any atom is 0.417 e. The van der Waals surface area contributed by atoms with Crippen LogP contribution in [0.5, 0.6) is 0 Å². The number of hydrogen-bond donors (Lipinski definition) is 2. The van der Waals surface area contributed by atoms with Gasteiger partial charge in [0.2, 0.25) is 10.0 Å². The molecule has 0 saturated heterocycles. The van der Waals surface area contributed by atoms with Gasteiger partial charge in [0.1, 0.15) is 0 Å². The van der Waals surface area contributed by atoms with E-state index in [4.69, 9.17) is 5.73 Å². The molecule has 1 aromatic rings. The Hall–Kier alpha value is -1.19. The second-order valence-electron chi connectivity index (χ2n) is 4.15. The number of hydrogen-bond acceptors (Lipinski definition) is 3. The third kappa shape index (κ3) is 4.15. The van der Waals surface area contributed by atoms with Crippen molar-refractivity contribution in [3.8, 4) is 0 Å². The lowest BCUT2D eigenvalue weighted by molar-refractivity contribution is -0.139. The van der Waals surface area contributed by atoms with E-state index in [-0.39, 0.29) is 11.5 Å². The largest absolute Gasteiger partial charge is 0.417 e. The van der Waals surface area contributed by atoms with Crippen molar-refractivity contribution in [3.05, 3.63) is 29.8 Å². The monoisotopic (exact) mass is 326 g/mol. The summed E-state index contributed by atoms with van der Waals surface area (Å²) >= 11 is 4.67. The molecule has 1 atom stereocenters. The van der Waals surface area contributed by atoms with Crippen molar-refractivity contribution < 1.29 is 21.6 Å². The average Bonchev–Trinajstić information content (AvgIpc) is 2.35. The molecule has 4 nitrogen and oxygen atoms in total. The van der Waals surface area contributed by atoms with Crippen LogP contribution in [0.4, 0.5) is 13.2 Å². The molecule has 112 valence electrons. The number of halogens is 3. The molecule has 0 amide bonds. The average molecular weight is 326 g/mol. The third-order valence-corrected chi connectivity index (χ3v) is 4.43. The number of nitrogens with two attached hydrogens (primary N) is 1. The Balaban J connectivity index is 3.08. The first-order valence-corrected chi connectivity index (χ1v) is 7.40. The van der Waals surface area contributed by atoms with E-state index in [1.165, 1.54) is 6.07 Å². The highest BCUT2D eigenvalue weighted by atomic mass is 32.2. The van der Waals surface area contributed by atoms with Gasteiger partial charge in [0.05, 0.1) is 15.4 Å². The first-order chi connectivity index (χ1) is 9.05. The van der Waals surface area contributed by atoms with E-state index in [0.29, 0.717) is 6.07 Å². The van der Waals surface area contributed by atoms with Crippen LogP contribution in [0.2, 0.25) is 0 Å². The molecule has 1 unspecified atom stereocenters. The van der Waals surface area contributed by atoms with Crippen molar-refractivity contribution in [2.24, 2.45) is 11.7 Å². The van der Waals surface area contributed by atoms with Crippen molar-refractivity contribution in [1.82, 2.24) is 4.72 Å². The van der Waals surface area contributed by atoms with E-state index in [9.17, 15) is 21.6 Å². The Bertz CT molecular complexity index is 600. The van der Waals surface area contributed by atoms with Crippen LogP contribution >= 0.6 is 12.2 Å². The minimum absolute atomic E-state index is 0.0804. The van der Waals surface area contributed by atoms with Crippen LogP contribution in [0, 0.1) is 5.92 Å². The molecule has 0 aliphatic rings. The molecule has 0 heterocycles. The van der Waals surface area contributed by atoms with Crippen LogP contribution in [0.25, 0.3) is 0 Å². The summed E-state index contributed by atoms with van der Waals surface area (Å²) in [6, 6.07) is 3.96. The lowest BCUT2D eigenvalue weighted by atomic mass is 10.2. The van der Waals surface area contributed by atoms with E-state index >= 15 is 0 Å². The van der Waals surface area contributed by atoms with Crippen molar-refractivity contribution >= 4 is 27.2 Å². The molecule has 9 heteroatoms. The van der Waals surface area contributed by atoms with Crippen molar-refractivity contribution in [2.75, 3.05) is 6.54 Å². The molecule has 3 N–H and O–H groups in total. The Labute approximate surface area is 120 Å². The SMILES string of the molecule is CC(CNS(=O)(=O)c1ccccc1C(F)(F)F)C(N)=S. The first kappa shape index (κ1) is 16.9. The molecule has 1 rings (SSSR count). The van der Waals surface area contributed by atoms with Gasteiger partial charge >= 0.3 is 6.18 Å². The van der Waals surface area contributed by atoms with E-state index in [1.807, 2.05) is 0 Å². The Morgan fingerprint density at radius 2 is 1.95 bits per heavy atom. The fraction of sp³-hybridized carbons (Fsp3) is 0.364. The number of benzene rings is 1. The molecule has 1 aromatic carbocycles. The van der Waals surface area contributed by atoms with Crippen LogP contribution < -0.4 is 10.5 Å². The van der Waals surface area contributed by atoms with Gasteiger partial charge in [-0.05, 0) is 12.1 Å². The standard InChI is InChI=1S/C11H13F3N2O2S2/c1-7(10(15)19)6-16-20(17,18)9-5-3-2-4-8(9)11(12,13)14/h2-5,7,16H,6H2,1H3,(H2,15,19). The van der Waals surface area contributed by atoms with E-state index in [1.54, 1.807) is 6.92 Å². The Morgan fingerprint density at radius 1 is 1.40 bits per heavy atom. The summed E-state index contributed by atoms with van der Waals surface area (Å²) in [6.07, 6.45) is -4.75. The topological polar surface area (TPSA) is 72.2 Å². The number of thiocarbonyl (C=S) groups is 1. The van der Waals surface area contributed by atoms with Gasteiger partial charge in [0.15, 0.2) is 0 Å². The van der Waals surface area contributed by atoms with Gasteiger partial charge in [0.25, 0.3) is 0 Å². The van der Waals surface area contributed by atoms with Gasteiger partial charge in [-0.15, -0.1) is 0 Å². The molecule has 0 fully saturated rings. The summed E-state index contributed by atoms with van der Waals surface area (Å²) in [5.74, 6) is -0.460. The molecule has 0 spiro atoms. The van der Waals surface area contributed by atoms with Crippen molar-refractivity contribution in [3.63, 3.8) is 0 Å². The number of nitrogens with one attached hydrogen (secondary N) is 1. The van der Waals surface area contributed by atoms with Crippen LogP contribution in [0.15, 0.2) is 29.2 Å². The van der Waals surface area contributed by atoms with Crippen molar-refractivity contribution in [1.29, 1.82) is 0 Å². The van der Waals surface area contributed by atoms with Crippen LogP contribution in [-0.2, 0) is 16.2 Å². The first-order valence-electron chi connectivity index (χ1n) is 5.51. The number of sulfonamides is 1. The Morgan fingerprint density at radius 3 is 2.45 bits per heavy atom. The number of alkyl halides is 3. The summed E-state index contributed by atoms with van der Waals surface area (Å²) < 4.78 is 64.3. The maximum atomic E-state index is 12.8. The highest BCUT2D eigenvalue weighted by Crippen LogP contribution is 2.33. The van der Waals surface area contributed by atoms with Crippen LogP contribution in [0.1, 0.15) is 12.5 Å². The van der Waals surface area contributed by atoms with Gasteiger partial charge in [-0.1, -0.05) is 31.3 Å². The smallest absolute Gasteiger partial charge is 0.393 e. The number of rotatable bonds is 5. The molecule has 0 aliphatic carbocycles. The highest BCUT2D eigenvalue weighted by Gasteiger charge is 2.36. The molecule has 0 aromatic heterocycles. The third-order valence-electron chi connectivity index (χ3n) is 2.55. The lowest BCUT2D eigenvalue weighted by Gasteiger charge is -2.15. The normalized spacial score (nSPS) is 14.0. The predicted molar refractivity (Wildman–Crippen MR) is 72.6 cm³/mol.